The van der Waals surface area contributed by atoms with Gasteiger partial charge in [0.1, 0.15) is 11.9 Å². The van der Waals surface area contributed by atoms with Crippen LogP contribution in [-0.4, -0.2) is 39.1 Å². The summed E-state index contributed by atoms with van der Waals surface area (Å²) in [6.07, 6.45) is 6.50. The zero-order valence-electron chi connectivity index (χ0n) is 17.8. The highest BCUT2D eigenvalue weighted by atomic mass is 16.5. The number of carbonyl (C=O) groups is 1. The van der Waals surface area contributed by atoms with E-state index in [2.05, 4.69) is 26.1 Å². The van der Waals surface area contributed by atoms with E-state index >= 15 is 0 Å². The number of aromatic nitrogens is 3. The number of nitrogens with one attached hydrogen (secondary N) is 1. The zero-order chi connectivity index (χ0) is 21.0. The van der Waals surface area contributed by atoms with Crippen molar-refractivity contribution in [2.75, 3.05) is 18.9 Å². The standard InChI is InChI=1S/C21H30N6O2/c1-5-18-23-20(29-25-18)13-26(4)12-19(28)24-21-17(11-22)14(2)15(3)27(21)16-9-7-6-8-10-16/h16H,5-10,12-13H2,1-4H3,(H,24,28). The summed E-state index contributed by atoms with van der Waals surface area (Å²) in [6, 6.07) is 2.63. The summed E-state index contributed by atoms with van der Waals surface area (Å²) >= 11 is 0. The van der Waals surface area contributed by atoms with Gasteiger partial charge in [0.2, 0.25) is 11.8 Å². The summed E-state index contributed by atoms with van der Waals surface area (Å²) in [7, 11) is 1.83. The Kier molecular flexibility index (Phi) is 6.70. The fourth-order valence-corrected chi connectivity index (χ4v) is 4.08. The molecule has 0 unspecified atom stereocenters. The lowest BCUT2D eigenvalue weighted by molar-refractivity contribution is -0.117. The molecule has 2 aromatic heterocycles. The molecular weight excluding hydrogens is 368 g/mol. The lowest BCUT2D eigenvalue weighted by Crippen LogP contribution is -2.31. The maximum Gasteiger partial charge on any atom is 0.240 e. The molecule has 1 amide bonds. The summed E-state index contributed by atoms with van der Waals surface area (Å²) < 4.78 is 7.38. The molecule has 0 aliphatic heterocycles. The van der Waals surface area contributed by atoms with Crippen molar-refractivity contribution in [2.45, 2.75) is 71.9 Å². The monoisotopic (exact) mass is 398 g/mol. The number of hydrogen-bond donors (Lipinski definition) is 1. The van der Waals surface area contributed by atoms with E-state index in [0.717, 1.165) is 24.1 Å². The Morgan fingerprint density at radius 2 is 2.07 bits per heavy atom. The first-order valence-electron chi connectivity index (χ1n) is 10.4. The Balaban J connectivity index is 1.73. The first-order valence-corrected chi connectivity index (χ1v) is 10.4. The van der Waals surface area contributed by atoms with Crippen molar-refractivity contribution in [1.82, 2.24) is 19.6 Å². The minimum Gasteiger partial charge on any atom is -0.338 e. The number of hydrogen-bond acceptors (Lipinski definition) is 6. The van der Waals surface area contributed by atoms with Crippen molar-refractivity contribution in [2.24, 2.45) is 0 Å². The molecule has 0 bridgehead atoms. The summed E-state index contributed by atoms with van der Waals surface area (Å²) in [5.74, 6) is 1.63. The quantitative estimate of drug-likeness (QED) is 0.766. The van der Waals surface area contributed by atoms with Gasteiger partial charge in [-0.2, -0.15) is 10.2 Å². The summed E-state index contributed by atoms with van der Waals surface area (Å²) in [5.41, 5.74) is 2.57. The van der Waals surface area contributed by atoms with Gasteiger partial charge in [-0.05, 0) is 39.3 Å². The highest BCUT2D eigenvalue weighted by Gasteiger charge is 2.26. The maximum atomic E-state index is 12.8. The molecule has 2 heterocycles. The number of rotatable bonds is 7. The molecule has 0 atom stereocenters. The van der Waals surface area contributed by atoms with E-state index in [9.17, 15) is 10.1 Å². The van der Waals surface area contributed by atoms with Crippen LogP contribution in [0.4, 0.5) is 5.82 Å². The van der Waals surface area contributed by atoms with Crippen LogP contribution in [0.1, 0.15) is 73.6 Å². The fraction of sp³-hybridized carbons (Fsp3) is 0.619. The van der Waals surface area contributed by atoms with Gasteiger partial charge in [0.15, 0.2) is 5.82 Å². The Morgan fingerprint density at radius 1 is 1.34 bits per heavy atom. The van der Waals surface area contributed by atoms with Gasteiger partial charge >= 0.3 is 0 Å². The van der Waals surface area contributed by atoms with Crippen LogP contribution in [0, 0.1) is 25.2 Å². The molecule has 0 aromatic carbocycles. The molecule has 1 fully saturated rings. The Bertz CT molecular complexity index is 901. The molecule has 2 aromatic rings. The first kappa shape index (κ1) is 21.1. The minimum atomic E-state index is -0.159. The van der Waals surface area contributed by atoms with Crippen LogP contribution in [0.2, 0.25) is 0 Å². The lowest BCUT2D eigenvalue weighted by Gasteiger charge is -2.27. The van der Waals surface area contributed by atoms with E-state index < -0.39 is 0 Å². The van der Waals surface area contributed by atoms with Gasteiger partial charge in [-0.25, -0.2) is 0 Å². The Hall–Kier alpha value is -2.66. The van der Waals surface area contributed by atoms with Crippen LogP contribution >= 0.6 is 0 Å². The van der Waals surface area contributed by atoms with Crippen molar-refractivity contribution in [3.05, 3.63) is 28.5 Å². The second kappa shape index (κ2) is 9.23. The van der Waals surface area contributed by atoms with Crippen molar-refractivity contribution < 1.29 is 9.32 Å². The molecule has 1 saturated carbocycles. The Morgan fingerprint density at radius 3 is 2.69 bits per heavy atom. The largest absolute Gasteiger partial charge is 0.338 e. The number of likely N-dealkylation sites (N-methyl/N-ethyl adjacent to an activating group) is 1. The predicted octanol–water partition coefficient (Wildman–Crippen LogP) is 3.50. The van der Waals surface area contributed by atoms with Crippen LogP contribution in [0.5, 0.6) is 0 Å². The summed E-state index contributed by atoms with van der Waals surface area (Å²) in [4.78, 5) is 18.9. The molecule has 8 nitrogen and oxygen atoms in total. The molecule has 0 radical (unpaired) electrons. The molecule has 8 heteroatoms. The molecule has 1 aliphatic carbocycles. The minimum absolute atomic E-state index is 0.159. The topological polar surface area (TPSA) is 100.0 Å². The van der Waals surface area contributed by atoms with Gasteiger partial charge in [-0.15, -0.1) is 0 Å². The fourth-order valence-electron chi connectivity index (χ4n) is 4.08. The maximum absolute atomic E-state index is 12.8. The third-order valence-corrected chi connectivity index (χ3v) is 5.71. The number of nitriles is 1. The second-order valence-corrected chi connectivity index (χ2v) is 7.89. The molecule has 0 spiro atoms. The second-order valence-electron chi connectivity index (χ2n) is 7.89. The number of carbonyl (C=O) groups excluding carboxylic acids is 1. The smallest absolute Gasteiger partial charge is 0.240 e. The normalized spacial score (nSPS) is 14.9. The van der Waals surface area contributed by atoms with Crippen LogP contribution in [-0.2, 0) is 17.8 Å². The van der Waals surface area contributed by atoms with Crippen LogP contribution in [0.15, 0.2) is 4.52 Å². The molecule has 1 aliphatic rings. The Labute approximate surface area is 171 Å². The molecule has 29 heavy (non-hydrogen) atoms. The van der Waals surface area contributed by atoms with Gasteiger partial charge in [0.25, 0.3) is 0 Å². The van der Waals surface area contributed by atoms with E-state index in [1.807, 2.05) is 32.7 Å². The highest BCUT2D eigenvalue weighted by Crippen LogP contribution is 2.36. The van der Waals surface area contributed by atoms with Crippen LogP contribution in [0.3, 0.4) is 0 Å². The first-order chi connectivity index (χ1) is 13.9. The van der Waals surface area contributed by atoms with Gasteiger partial charge < -0.3 is 14.4 Å². The lowest BCUT2D eigenvalue weighted by atomic mass is 9.95. The number of anilines is 1. The van der Waals surface area contributed by atoms with Gasteiger partial charge in [0, 0.05) is 18.2 Å². The predicted molar refractivity (Wildman–Crippen MR) is 109 cm³/mol. The van der Waals surface area contributed by atoms with E-state index in [-0.39, 0.29) is 12.5 Å². The average Bonchev–Trinajstić information content (AvgIpc) is 3.24. The van der Waals surface area contributed by atoms with Gasteiger partial charge in [0.05, 0.1) is 18.7 Å². The van der Waals surface area contributed by atoms with Gasteiger partial charge in [-0.1, -0.05) is 31.3 Å². The van der Waals surface area contributed by atoms with E-state index in [4.69, 9.17) is 4.52 Å². The zero-order valence-corrected chi connectivity index (χ0v) is 17.8. The van der Waals surface area contributed by atoms with Crippen LogP contribution < -0.4 is 5.32 Å². The van der Waals surface area contributed by atoms with E-state index in [1.54, 1.807) is 0 Å². The summed E-state index contributed by atoms with van der Waals surface area (Å²) in [6.45, 7) is 6.52. The van der Waals surface area contributed by atoms with E-state index in [0.29, 0.717) is 42.1 Å². The van der Waals surface area contributed by atoms with E-state index in [1.165, 1.54) is 19.3 Å². The van der Waals surface area contributed by atoms with Crippen molar-refractivity contribution in [3.8, 4) is 6.07 Å². The molecule has 156 valence electrons. The third-order valence-electron chi connectivity index (χ3n) is 5.71. The molecule has 0 saturated heterocycles. The number of nitrogens with zero attached hydrogens (tertiary/aromatic N) is 5. The van der Waals surface area contributed by atoms with Crippen molar-refractivity contribution in [3.63, 3.8) is 0 Å². The molecule has 3 rings (SSSR count). The summed E-state index contributed by atoms with van der Waals surface area (Å²) in [5, 5.41) is 16.6. The molecule has 1 N–H and O–H groups in total. The highest BCUT2D eigenvalue weighted by molar-refractivity contribution is 5.93. The molecular formula is C21H30N6O2. The van der Waals surface area contributed by atoms with Gasteiger partial charge in [-0.3, -0.25) is 9.69 Å². The number of aryl methyl sites for hydroxylation is 1. The number of amides is 1. The van der Waals surface area contributed by atoms with Crippen LogP contribution in [0.25, 0.3) is 0 Å². The average molecular weight is 399 g/mol. The third kappa shape index (κ3) is 4.67. The van der Waals surface area contributed by atoms with Crippen molar-refractivity contribution >= 4 is 11.7 Å². The SMILES string of the molecule is CCc1noc(CN(C)CC(=O)Nc2c(C#N)c(C)c(C)n2C2CCCCC2)n1. The van der Waals surface area contributed by atoms with Crippen molar-refractivity contribution in [1.29, 1.82) is 5.26 Å².